The average molecular weight is 503 g/mol. The third-order valence-corrected chi connectivity index (χ3v) is 6.88. The minimum Gasteiger partial charge on any atom is -0.378 e. The number of hydrogen-bond acceptors (Lipinski definition) is 5. The summed E-state index contributed by atoms with van der Waals surface area (Å²) >= 11 is 12.3. The van der Waals surface area contributed by atoms with Crippen molar-refractivity contribution in [2.24, 2.45) is 4.99 Å². The molecule has 1 saturated heterocycles. The van der Waals surface area contributed by atoms with Gasteiger partial charge in [0.25, 0.3) is 0 Å². The molecule has 0 radical (unpaired) electrons. The first kappa shape index (κ1) is 22.2. The van der Waals surface area contributed by atoms with Crippen LogP contribution in [-0.2, 0) is 4.74 Å². The maximum Gasteiger partial charge on any atom is 0.0892 e. The smallest absolute Gasteiger partial charge is 0.0892 e. The molecule has 0 aromatic heterocycles. The number of nitrogens with one attached hydrogen (secondary N) is 1. The number of hydrogen-bond donors (Lipinski definition) is 1. The van der Waals surface area contributed by atoms with Gasteiger partial charge in [0.15, 0.2) is 0 Å². The highest BCUT2D eigenvalue weighted by molar-refractivity contribution is 6.31. The molecule has 0 spiro atoms. The van der Waals surface area contributed by atoms with Gasteiger partial charge in [0.05, 0.1) is 36.0 Å². The van der Waals surface area contributed by atoms with E-state index < -0.39 is 0 Å². The number of anilines is 4. The lowest BCUT2D eigenvalue weighted by molar-refractivity contribution is 0.122. The molecule has 2 heterocycles. The standard InChI is InChI=1S/C28H24Cl2N4O/c29-19-1-5-21(6-2-19)31-22-7-12-27-26(17-22)32-25-11-10-24(33-13-15-35-16-14-33)18-28(25)34(27)23-8-3-20(30)4-9-23/h1-6,8-12,17-18,31H,7,13-16H2. The summed E-state index contributed by atoms with van der Waals surface area (Å²) in [7, 11) is 0. The van der Waals surface area contributed by atoms with Crippen molar-refractivity contribution in [3.05, 3.63) is 100 Å². The van der Waals surface area contributed by atoms with Crippen LogP contribution in [0.15, 0.2) is 95.3 Å². The van der Waals surface area contributed by atoms with E-state index in [1.807, 2.05) is 36.4 Å². The van der Waals surface area contributed by atoms with Crippen molar-refractivity contribution >= 4 is 57.4 Å². The Bertz CT molecular complexity index is 1340. The Kier molecular flexibility index (Phi) is 5.98. The minimum absolute atomic E-state index is 0.717. The molecular formula is C28H24Cl2N4O. The highest BCUT2D eigenvalue weighted by Crippen LogP contribution is 2.45. The van der Waals surface area contributed by atoms with Gasteiger partial charge >= 0.3 is 0 Å². The predicted molar refractivity (Wildman–Crippen MR) is 146 cm³/mol. The van der Waals surface area contributed by atoms with E-state index in [9.17, 15) is 0 Å². The molecule has 6 rings (SSSR count). The van der Waals surface area contributed by atoms with Crippen LogP contribution in [0.3, 0.4) is 0 Å². The first-order valence-corrected chi connectivity index (χ1v) is 12.4. The number of fused-ring (bicyclic) bond motifs is 2. The molecule has 176 valence electrons. The van der Waals surface area contributed by atoms with Crippen molar-refractivity contribution in [2.45, 2.75) is 6.42 Å². The van der Waals surface area contributed by atoms with E-state index in [0.717, 1.165) is 77.6 Å². The molecule has 1 fully saturated rings. The van der Waals surface area contributed by atoms with Gasteiger partial charge in [-0.15, -0.1) is 0 Å². The molecule has 3 aromatic rings. The second-order valence-corrected chi connectivity index (χ2v) is 9.55. The Balaban J connectivity index is 1.40. The van der Waals surface area contributed by atoms with E-state index in [1.165, 1.54) is 5.69 Å². The molecule has 1 aliphatic carbocycles. The lowest BCUT2D eigenvalue weighted by Gasteiger charge is -2.36. The van der Waals surface area contributed by atoms with E-state index >= 15 is 0 Å². The second-order valence-electron chi connectivity index (χ2n) is 8.68. The highest BCUT2D eigenvalue weighted by atomic mass is 35.5. The number of ether oxygens (including phenoxy) is 1. The summed E-state index contributed by atoms with van der Waals surface area (Å²) in [6, 6.07) is 22.2. The fraction of sp³-hybridized carbons (Fsp3) is 0.179. The summed E-state index contributed by atoms with van der Waals surface area (Å²) in [5, 5.41) is 4.94. The van der Waals surface area contributed by atoms with Crippen LogP contribution in [-0.4, -0.2) is 32.0 Å². The molecule has 5 nitrogen and oxygen atoms in total. The third kappa shape index (κ3) is 4.55. The van der Waals surface area contributed by atoms with Crippen molar-refractivity contribution in [1.29, 1.82) is 0 Å². The van der Waals surface area contributed by atoms with Crippen molar-refractivity contribution in [1.82, 2.24) is 0 Å². The van der Waals surface area contributed by atoms with Gasteiger partial charge in [-0.3, -0.25) is 0 Å². The number of rotatable bonds is 4. The number of benzene rings is 3. The minimum atomic E-state index is 0.717. The number of morpholine rings is 1. The SMILES string of the molecule is Clc1ccc(NC2=CC3=Nc4ccc(N5CCOCC5)cc4N(c4ccc(Cl)cc4)C3=CC2)cc1. The van der Waals surface area contributed by atoms with Crippen LogP contribution >= 0.6 is 23.2 Å². The van der Waals surface area contributed by atoms with Crippen molar-refractivity contribution in [3.63, 3.8) is 0 Å². The summed E-state index contributed by atoms with van der Waals surface area (Å²) in [5.41, 5.74) is 8.31. The summed E-state index contributed by atoms with van der Waals surface area (Å²) < 4.78 is 5.55. The molecule has 7 heteroatoms. The Hall–Kier alpha value is -3.25. The van der Waals surface area contributed by atoms with Gasteiger partial charge in [0.2, 0.25) is 0 Å². The molecule has 3 aromatic carbocycles. The number of allylic oxidation sites excluding steroid dienone is 2. The maximum atomic E-state index is 6.22. The molecular weight excluding hydrogens is 479 g/mol. The largest absolute Gasteiger partial charge is 0.378 e. The van der Waals surface area contributed by atoms with E-state index in [-0.39, 0.29) is 0 Å². The van der Waals surface area contributed by atoms with Crippen LogP contribution in [0.25, 0.3) is 0 Å². The maximum absolute atomic E-state index is 6.22. The monoisotopic (exact) mass is 502 g/mol. The van der Waals surface area contributed by atoms with E-state index in [4.69, 9.17) is 32.9 Å². The van der Waals surface area contributed by atoms with Gasteiger partial charge in [0.1, 0.15) is 0 Å². The number of nitrogens with zero attached hydrogens (tertiary/aromatic N) is 3. The van der Waals surface area contributed by atoms with Crippen molar-refractivity contribution in [2.75, 3.05) is 41.4 Å². The third-order valence-electron chi connectivity index (χ3n) is 6.38. The Morgan fingerprint density at radius 3 is 2.26 bits per heavy atom. The van der Waals surface area contributed by atoms with Crippen LogP contribution in [0, 0.1) is 0 Å². The van der Waals surface area contributed by atoms with Crippen LogP contribution in [0.1, 0.15) is 6.42 Å². The Labute approximate surface area is 214 Å². The molecule has 3 aliphatic rings. The molecule has 2 aliphatic heterocycles. The first-order valence-electron chi connectivity index (χ1n) is 11.7. The van der Waals surface area contributed by atoms with Gasteiger partial charge in [-0.2, -0.15) is 0 Å². The molecule has 0 bridgehead atoms. The zero-order chi connectivity index (χ0) is 23.8. The summed E-state index contributed by atoms with van der Waals surface area (Å²) in [6.07, 6.45) is 5.13. The van der Waals surface area contributed by atoms with E-state index in [2.05, 4.69) is 57.6 Å². The zero-order valence-corrected chi connectivity index (χ0v) is 20.6. The van der Waals surface area contributed by atoms with Gasteiger partial charge < -0.3 is 19.9 Å². The summed E-state index contributed by atoms with van der Waals surface area (Å²) in [6.45, 7) is 3.28. The lowest BCUT2D eigenvalue weighted by atomic mass is 10.0. The Morgan fingerprint density at radius 2 is 1.51 bits per heavy atom. The van der Waals surface area contributed by atoms with Gasteiger partial charge in [-0.25, -0.2) is 4.99 Å². The number of halogens is 2. The molecule has 0 saturated carbocycles. The van der Waals surface area contributed by atoms with E-state index in [1.54, 1.807) is 0 Å². The highest BCUT2D eigenvalue weighted by Gasteiger charge is 2.28. The predicted octanol–water partition coefficient (Wildman–Crippen LogP) is 7.34. The fourth-order valence-corrected chi connectivity index (χ4v) is 4.89. The zero-order valence-electron chi connectivity index (χ0n) is 19.0. The van der Waals surface area contributed by atoms with Crippen LogP contribution in [0.4, 0.5) is 28.4 Å². The fourth-order valence-electron chi connectivity index (χ4n) is 4.64. The molecule has 0 atom stereocenters. The quantitative estimate of drug-likeness (QED) is 0.405. The lowest BCUT2D eigenvalue weighted by Crippen LogP contribution is -2.36. The summed E-state index contributed by atoms with van der Waals surface area (Å²) in [5.74, 6) is 0. The molecule has 0 unspecified atom stereocenters. The first-order chi connectivity index (χ1) is 17.1. The topological polar surface area (TPSA) is 40.1 Å². The van der Waals surface area contributed by atoms with Crippen LogP contribution in [0.2, 0.25) is 10.0 Å². The summed E-state index contributed by atoms with van der Waals surface area (Å²) in [4.78, 5) is 9.71. The van der Waals surface area contributed by atoms with E-state index in [0.29, 0.717) is 5.02 Å². The molecule has 0 amide bonds. The van der Waals surface area contributed by atoms with Gasteiger partial charge in [-0.05, 0) is 72.8 Å². The average Bonchev–Trinajstić information content (AvgIpc) is 2.89. The van der Waals surface area contributed by atoms with Crippen LogP contribution in [0.5, 0.6) is 0 Å². The van der Waals surface area contributed by atoms with Crippen LogP contribution < -0.4 is 15.1 Å². The normalized spacial score (nSPS) is 17.1. The van der Waals surface area contributed by atoms with Gasteiger partial charge in [-0.1, -0.05) is 29.3 Å². The number of aliphatic imine (C=N–C) groups is 1. The van der Waals surface area contributed by atoms with Crippen molar-refractivity contribution in [3.8, 4) is 0 Å². The van der Waals surface area contributed by atoms with Crippen molar-refractivity contribution < 1.29 is 4.74 Å². The molecule has 1 N–H and O–H groups in total. The van der Waals surface area contributed by atoms with Gasteiger partial charge in [0, 0.05) is 52.3 Å². The second kappa shape index (κ2) is 9.42. The molecule has 35 heavy (non-hydrogen) atoms. The Morgan fingerprint density at radius 1 is 0.829 bits per heavy atom.